The highest BCUT2D eigenvalue weighted by Gasteiger charge is 2.26. The maximum absolute atomic E-state index is 12.3. The molecule has 2 N–H and O–H groups in total. The summed E-state index contributed by atoms with van der Waals surface area (Å²) in [4.78, 5) is 0.239. The van der Waals surface area contributed by atoms with Gasteiger partial charge in [-0.25, -0.2) is 8.42 Å². The molecule has 1 unspecified atom stereocenters. The molecular weight excluding hydrogens is 372 g/mol. The molecule has 0 fully saturated rings. The summed E-state index contributed by atoms with van der Waals surface area (Å²) in [5.41, 5.74) is 5.48. The Morgan fingerprint density at radius 1 is 1.41 bits per heavy atom. The molecule has 1 aromatic rings. The number of nitrogens with zero attached hydrogens (tertiary/aromatic N) is 1. The first kappa shape index (κ1) is 15.1. The summed E-state index contributed by atoms with van der Waals surface area (Å²) in [5, 5.41) is 0. The molecule has 0 spiro atoms. The average molecular weight is 386 g/mol. The van der Waals surface area contributed by atoms with E-state index in [1.54, 1.807) is 25.1 Å². The number of nitrogens with two attached hydrogens (primary N) is 1. The monoisotopic (exact) mass is 384 g/mol. The standard InChI is InChI=1S/C10H14Br2N2O2S/c1-7(6-13)14(2)17(15,16)10-4-3-8(11)5-9(10)12/h3-5,7H,6,13H2,1-2H3. The first-order chi connectivity index (χ1) is 7.80. The highest BCUT2D eigenvalue weighted by atomic mass is 79.9. The summed E-state index contributed by atoms with van der Waals surface area (Å²) >= 11 is 6.54. The number of halogens is 2. The molecule has 0 saturated carbocycles. The van der Waals surface area contributed by atoms with Gasteiger partial charge in [0.1, 0.15) is 0 Å². The average Bonchev–Trinajstić information content (AvgIpc) is 2.26. The van der Waals surface area contributed by atoms with Crippen molar-refractivity contribution in [1.82, 2.24) is 4.31 Å². The molecule has 0 aliphatic heterocycles. The van der Waals surface area contributed by atoms with E-state index in [9.17, 15) is 8.42 Å². The van der Waals surface area contributed by atoms with Gasteiger partial charge >= 0.3 is 0 Å². The van der Waals surface area contributed by atoms with Gasteiger partial charge < -0.3 is 5.73 Å². The molecule has 96 valence electrons. The Morgan fingerprint density at radius 2 is 2.00 bits per heavy atom. The van der Waals surface area contributed by atoms with E-state index in [2.05, 4.69) is 31.9 Å². The number of benzene rings is 1. The minimum atomic E-state index is -3.51. The molecule has 17 heavy (non-hydrogen) atoms. The van der Waals surface area contributed by atoms with Gasteiger partial charge in [0.15, 0.2) is 0 Å². The van der Waals surface area contributed by atoms with E-state index in [-0.39, 0.29) is 17.5 Å². The van der Waals surface area contributed by atoms with Gasteiger partial charge in [0, 0.05) is 28.6 Å². The normalized spacial score (nSPS) is 14.0. The van der Waals surface area contributed by atoms with Crippen molar-refractivity contribution >= 4 is 41.9 Å². The second kappa shape index (κ2) is 5.79. The molecule has 0 bridgehead atoms. The van der Waals surface area contributed by atoms with Gasteiger partial charge in [-0.05, 0) is 41.1 Å². The summed E-state index contributed by atoms with van der Waals surface area (Å²) in [5.74, 6) is 0. The van der Waals surface area contributed by atoms with E-state index in [0.29, 0.717) is 4.47 Å². The first-order valence-electron chi connectivity index (χ1n) is 4.94. The zero-order valence-corrected chi connectivity index (χ0v) is 13.5. The Labute approximate surface area is 118 Å². The summed E-state index contributed by atoms with van der Waals surface area (Å²) < 4.78 is 27.2. The lowest BCUT2D eigenvalue weighted by atomic mass is 10.4. The van der Waals surface area contributed by atoms with Crippen molar-refractivity contribution in [3.05, 3.63) is 27.1 Å². The molecule has 0 amide bonds. The third kappa shape index (κ3) is 3.29. The summed E-state index contributed by atoms with van der Waals surface area (Å²) in [6.45, 7) is 2.05. The van der Waals surface area contributed by atoms with Gasteiger partial charge in [-0.2, -0.15) is 4.31 Å². The predicted molar refractivity (Wildman–Crippen MR) is 75.3 cm³/mol. The van der Waals surface area contributed by atoms with Crippen molar-refractivity contribution in [1.29, 1.82) is 0 Å². The summed E-state index contributed by atoms with van der Waals surface area (Å²) in [6, 6.07) is 4.71. The predicted octanol–water partition coefficient (Wildman–Crippen LogP) is 2.18. The molecule has 0 aliphatic carbocycles. The minimum Gasteiger partial charge on any atom is -0.329 e. The van der Waals surface area contributed by atoms with Gasteiger partial charge in [0.05, 0.1) is 4.90 Å². The van der Waals surface area contributed by atoms with Crippen LogP contribution in [0.4, 0.5) is 0 Å². The molecule has 0 aliphatic rings. The topological polar surface area (TPSA) is 63.4 Å². The Bertz CT molecular complexity index is 505. The Hall–Kier alpha value is 0.0500. The van der Waals surface area contributed by atoms with Crippen LogP contribution in [-0.2, 0) is 10.0 Å². The van der Waals surface area contributed by atoms with Crippen molar-refractivity contribution in [2.24, 2.45) is 5.73 Å². The fourth-order valence-corrected chi connectivity index (χ4v) is 4.30. The third-order valence-electron chi connectivity index (χ3n) is 2.51. The Morgan fingerprint density at radius 3 is 2.47 bits per heavy atom. The van der Waals surface area contributed by atoms with Crippen molar-refractivity contribution in [3.63, 3.8) is 0 Å². The quantitative estimate of drug-likeness (QED) is 0.863. The van der Waals surface area contributed by atoms with Crippen LogP contribution in [-0.4, -0.2) is 32.4 Å². The van der Waals surface area contributed by atoms with Gasteiger partial charge in [0.25, 0.3) is 0 Å². The van der Waals surface area contributed by atoms with Crippen LogP contribution in [0.25, 0.3) is 0 Å². The third-order valence-corrected chi connectivity index (χ3v) is 5.95. The highest BCUT2D eigenvalue weighted by Crippen LogP contribution is 2.28. The highest BCUT2D eigenvalue weighted by molar-refractivity contribution is 9.11. The molecule has 4 nitrogen and oxygen atoms in total. The lowest BCUT2D eigenvalue weighted by molar-refractivity contribution is 0.394. The second-order valence-electron chi connectivity index (χ2n) is 3.68. The van der Waals surface area contributed by atoms with Crippen LogP contribution in [0.5, 0.6) is 0 Å². The van der Waals surface area contributed by atoms with Crippen molar-refractivity contribution in [3.8, 4) is 0 Å². The van der Waals surface area contributed by atoms with Crippen LogP contribution in [0, 0.1) is 0 Å². The number of likely N-dealkylation sites (N-methyl/N-ethyl adjacent to an activating group) is 1. The molecule has 0 heterocycles. The second-order valence-corrected chi connectivity index (χ2v) is 7.42. The molecule has 0 aromatic heterocycles. The zero-order valence-electron chi connectivity index (χ0n) is 9.52. The van der Waals surface area contributed by atoms with Crippen LogP contribution in [0.3, 0.4) is 0 Å². The van der Waals surface area contributed by atoms with E-state index >= 15 is 0 Å². The summed E-state index contributed by atoms with van der Waals surface area (Å²) in [6.07, 6.45) is 0. The van der Waals surface area contributed by atoms with Crippen LogP contribution in [0.1, 0.15) is 6.92 Å². The number of hydrogen-bond acceptors (Lipinski definition) is 3. The van der Waals surface area contributed by atoms with Gasteiger partial charge in [-0.15, -0.1) is 0 Å². The van der Waals surface area contributed by atoms with E-state index in [1.165, 1.54) is 11.4 Å². The van der Waals surface area contributed by atoms with Gasteiger partial charge in [-0.3, -0.25) is 0 Å². The fourth-order valence-electron chi connectivity index (χ4n) is 1.22. The summed E-state index contributed by atoms with van der Waals surface area (Å²) in [7, 11) is -1.98. The van der Waals surface area contributed by atoms with Crippen LogP contribution in [0.15, 0.2) is 32.0 Å². The van der Waals surface area contributed by atoms with Crippen LogP contribution < -0.4 is 5.73 Å². The maximum Gasteiger partial charge on any atom is 0.244 e. The fraction of sp³-hybridized carbons (Fsp3) is 0.400. The number of rotatable bonds is 4. The SMILES string of the molecule is CC(CN)N(C)S(=O)(=O)c1ccc(Br)cc1Br. The van der Waals surface area contributed by atoms with Gasteiger partial charge in [0.2, 0.25) is 10.0 Å². The van der Waals surface area contributed by atoms with E-state index in [1.807, 2.05) is 0 Å². The van der Waals surface area contributed by atoms with Crippen LogP contribution in [0.2, 0.25) is 0 Å². The van der Waals surface area contributed by atoms with Crippen molar-refractivity contribution in [2.75, 3.05) is 13.6 Å². The van der Waals surface area contributed by atoms with Gasteiger partial charge in [-0.1, -0.05) is 15.9 Å². The molecule has 7 heteroatoms. The smallest absolute Gasteiger partial charge is 0.244 e. The van der Waals surface area contributed by atoms with E-state index in [0.717, 1.165) is 4.47 Å². The van der Waals surface area contributed by atoms with E-state index in [4.69, 9.17) is 5.73 Å². The molecule has 1 aromatic carbocycles. The molecule has 0 radical (unpaired) electrons. The molecule has 1 rings (SSSR count). The van der Waals surface area contributed by atoms with Crippen molar-refractivity contribution < 1.29 is 8.42 Å². The molecular formula is C10H14Br2N2O2S. The lowest BCUT2D eigenvalue weighted by Gasteiger charge is -2.23. The number of sulfonamides is 1. The van der Waals surface area contributed by atoms with Crippen molar-refractivity contribution in [2.45, 2.75) is 17.9 Å². The van der Waals surface area contributed by atoms with Crippen LogP contribution >= 0.6 is 31.9 Å². The maximum atomic E-state index is 12.3. The molecule has 0 saturated heterocycles. The number of hydrogen-bond donors (Lipinski definition) is 1. The first-order valence-corrected chi connectivity index (χ1v) is 7.96. The largest absolute Gasteiger partial charge is 0.329 e. The Kier molecular flexibility index (Phi) is 5.15. The molecule has 1 atom stereocenters. The minimum absolute atomic E-state index is 0.239. The zero-order chi connectivity index (χ0) is 13.2. The van der Waals surface area contributed by atoms with E-state index < -0.39 is 10.0 Å². The lowest BCUT2D eigenvalue weighted by Crippen LogP contribution is -2.39. The Balaban J connectivity index is 3.22.